The molecular formula is C23H27NO3. The number of hydrogen-bond acceptors (Lipinski definition) is 3. The van der Waals surface area contributed by atoms with E-state index in [2.05, 4.69) is 19.2 Å². The Hall–Kier alpha value is -2.62. The van der Waals surface area contributed by atoms with Crippen molar-refractivity contribution in [2.45, 2.75) is 39.2 Å². The molecule has 2 aromatic rings. The van der Waals surface area contributed by atoms with E-state index in [0.29, 0.717) is 17.4 Å². The molecule has 4 heteroatoms. The molecular weight excluding hydrogens is 338 g/mol. The molecule has 3 rings (SSSR count). The summed E-state index contributed by atoms with van der Waals surface area (Å²) in [4.78, 5) is 24.8. The molecule has 1 amide bonds. The number of carbonyl (C=O) groups is 2. The van der Waals surface area contributed by atoms with Gasteiger partial charge in [-0.1, -0.05) is 75.2 Å². The lowest BCUT2D eigenvalue weighted by atomic mass is 9.78. The largest absolute Gasteiger partial charge is 0.452 e. The molecule has 0 spiro atoms. The summed E-state index contributed by atoms with van der Waals surface area (Å²) in [5.41, 5.74) is 2.22. The Morgan fingerprint density at radius 2 is 1.70 bits per heavy atom. The van der Waals surface area contributed by atoms with E-state index in [1.165, 1.54) is 6.42 Å². The fourth-order valence-corrected chi connectivity index (χ4v) is 3.77. The van der Waals surface area contributed by atoms with Gasteiger partial charge in [0.25, 0.3) is 5.91 Å². The van der Waals surface area contributed by atoms with Crippen molar-refractivity contribution in [3.63, 3.8) is 0 Å². The lowest BCUT2D eigenvalue weighted by Crippen LogP contribution is -2.45. The van der Waals surface area contributed by atoms with Crippen LogP contribution in [0.4, 0.5) is 0 Å². The van der Waals surface area contributed by atoms with Crippen molar-refractivity contribution in [1.29, 1.82) is 0 Å². The molecule has 0 unspecified atom stereocenters. The first-order valence-corrected chi connectivity index (χ1v) is 9.67. The third-order valence-corrected chi connectivity index (χ3v) is 5.62. The minimum atomic E-state index is -0.477. The summed E-state index contributed by atoms with van der Waals surface area (Å²) < 4.78 is 5.30. The average molecular weight is 365 g/mol. The predicted molar refractivity (Wildman–Crippen MR) is 106 cm³/mol. The van der Waals surface area contributed by atoms with Crippen molar-refractivity contribution in [2.24, 2.45) is 11.8 Å². The monoisotopic (exact) mass is 365 g/mol. The summed E-state index contributed by atoms with van der Waals surface area (Å²) >= 11 is 0. The molecule has 0 heterocycles. The summed E-state index contributed by atoms with van der Waals surface area (Å²) in [6.45, 7) is 4.15. The van der Waals surface area contributed by atoms with E-state index < -0.39 is 5.97 Å². The van der Waals surface area contributed by atoms with Crippen molar-refractivity contribution in [2.75, 3.05) is 6.61 Å². The van der Waals surface area contributed by atoms with Crippen LogP contribution < -0.4 is 5.32 Å². The zero-order valence-corrected chi connectivity index (χ0v) is 16.0. The molecule has 1 N–H and O–H groups in total. The lowest BCUT2D eigenvalue weighted by molar-refractivity contribution is -0.125. The maximum atomic E-state index is 12.5. The second-order valence-corrected chi connectivity index (χ2v) is 7.43. The molecule has 1 fully saturated rings. The van der Waals surface area contributed by atoms with Gasteiger partial charge in [0.2, 0.25) is 0 Å². The number of esters is 1. The van der Waals surface area contributed by atoms with Gasteiger partial charge in [-0.05, 0) is 35.4 Å². The van der Waals surface area contributed by atoms with Crippen LogP contribution in [0.1, 0.15) is 43.5 Å². The molecule has 0 radical (unpaired) electrons. The third-order valence-electron chi connectivity index (χ3n) is 5.62. The smallest absolute Gasteiger partial charge is 0.339 e. The van der Waals surface area contributed by atoms with Gasteiger partial charge in [-0.15, -0.1) is 0 Å². The topological polar surface area (TPSA) is 55.4 Å². The fourth-order valence-electron chi connectivity index (χ4n) is 3.77. The molecule has 0 bridgehead atoms. The van der Waals surface area contributed by atoms with Gasteiger partial charge in [-0.2, -0.15) is 0 Å². The Kier molecular flexibility index (Phi) is 6.28. The van der Waals surface area contributed by atoms with Gasteiger partial charge in [-0.25, -0.2) is 4.79 Å². The van der Waals surface area contributed by atoms with Gasteiger partial charge in [0.1, 0.15) is 0 Å². The van der Waals surface area contributed by atoms with Gasteiger partial charge in [-0.3, -0.25) is 4.79 Å². The quantitative estimate of drug-likeness (QED) is 0.797. The second-order valence-electron chi connectivity index (χ2n) is 7.43. The maximum absolute atomic E-state index is 12.5. The van der Waals surface area contributed by atoms with Gasteiger partial charge in [0.15, 0.2) is 6.61 Å². The van der Waals surface area contributed by atoms with Crippen LogP contribution in [0.2, 0.25) is 0 Å². The first-order chi connectivity index (χ1) is 13.1. The number of nitrogens with one attached hydrogen (secondary N) is 1. The molecule has 4 nitrogen and oxygen atoms in total. The highest BCUT2D eigenvalue weighted by atomic mass is 16.5. The summed E-state index contributed by atoms with van der Waals surface area (Å²) in [6, 6.07) is 17.2. The van der Waals surface area contributed by atoms with Gasteiger partial charge in [0, 0.05) is 6.04 Å². The van der Waals surface area contributed by atoms with Gasteiger partial charge in [0.05, 0.1) is 5.56 Å². The van der Waals surface area contributed by atoms with Crippen LogP contribution in [0.15, 0.2) is 54.6 Å². The lowest BCUT2D eigenvalue weighted by Gasteiger charge is -2.34. The average Bonchev–Trinajstić information content (AvgIpc) is 2.70. The maximum Gasteiger partial charge on any atom is 0.339 e. The van der Waals surface area contributed by atoms with Crippen LogP contribution in [0.5, 0.6) is 0 Å². The summed E-state index contributed by atoms with van der Waals surface area (Å²) in [6.07, 6.45) is 3.32. The first kappa shape index (κ1) is 19.2. The molecule has 1 aliphatic carbocycles. The number of amides is 1. The van der Waals surface area contributed by atoms with Gasteiger partial charge >= 0.3 is 5.97 Å². The highest BCUT2D eigenvalue weighted by Gasteiger charge is 2.28. The van der Waals surface area contributed by atoms with Crippen LogP contribution >= 0.6 is 0 Å². The third kappa shape index (κ3) is 4.76. The highest BCUT2D eigenvalue weighted by Crippen LogP contribution is 2.29. The predicted octanol–water partition coefficient (Wildman–Crippen LogP) is 4.45. The Morgan fingerprint density at radius 3 is 2.48 bits per heavy atom. The van der Waals surface area contributed by atoms with Crippen molar-refractivity contribution < 1.29 is 14.3 Å². The number of carbonyl (C=O) groups excluding carboxylic acids is 2. The highest BCUT2D eigenvalue weighted by molar-refractivity contribution is 5.98. The molecule has 142 valence electrons. The SMILES string of the molecule is C[C@@H]1[C@@H](C)CCC[C@H]1NC(=O)COC(=O)c1ccccc1-c1ccccc1. The van der Waals surface area contributed by atoms with E-state index in [4.69, 9.17) is 4.74 Å². The molecule has 2 aromatic carbocycles. The Bertz CT molecular complexity index is 787. The van der Waals surface area contributed by atoms with Crippen LogP contribution in [0.3, 0.4) is 0 Å². The zero-order valence-electron chi connectivity index (χ0n) is 16.0. The molecule has 0 saturated heterocycles. The Balaban J connectivity index is 1.61. The first-order valence-electron chi connectivity index (χ1n) is 9.67. The molecule has 0 aliphatic heterocycles. The number of hydrogen-bond donors (Lipinski definition) is 1. The van der Waals surface area contributed by atoms with E-state index in [0.717, 1.165) is 24.0 Å². The van der Waals surface area contributed by atoms with Crippen LogP contribution in [-0.4, -0.2) is 24.5 Å². The number of rotatable bonds is 5. The minimum absolute atomic E-state index is 0.163. The standard InChI is InChI=1S/C23H27NO3/c1-16-9-8-14-21(17(16)2)24-22(25)15-27-23(26)20-13-7-6-12-19(20)18-10-4-3-5-11-18/h3-7,10-13,16-17,21H,8-9,14-15H2,1-2H3,(H,24,25)/t16-,17+,21+/m0/s1. The van der Waals surface area contributed by atoms with Crippen molar-refractivity contribution in [3.05, 3.63) is 60.2 Å². The second kappa shape index (κ2) is 8.85. The Morgan fingerprint density at radius 1 is 1.00 bits per heavy atom. The van der Waals surface area contributed by atoms with Crippen molar-refractivity contribution >= 4 is 11.9 Å². The minimum Gasteiger partial charge on any atom is -0.452 e. The molecule has 1 saturated carbocycles. The summed E-state index contributed by atoms with van der Waals surface area (Å²) in [7, 11) is 0. The van der Waals surface area contributed by atoms with Gasteiger partial charge < -0.3 is 10.1 Å². The fraction of sp³-hybridized carbons (Fsp3) is 0.391. The zero-order chi connectivity index (χ0) is 19.2. The van der Waals surface area contributed by atoms with Crippen LogP contribution in [-0.2, 0) is 9.53 Å². The van der Waals surface area contributed by atoms with Crippen molar-refractivity contribution in [3.8, 4) is 11.1 Å². The molecule has 0 aromatic heterocycles. The van der Waals surface area contributed by atoms with Crippen molar-refractivity contribution in [1.82, 2.24) is 5.32 Å². The summed E-state index contributed by atoms with van der Waals surface area (Å²) in [5, 5.41) is 3.04. The van der Waals surface area contributed by atoms with E-state index in [1.807, 2.05) is 42.5 Å². The normalized spacial score (nSPS) is 22.1. The van der Waals surface area contributed by atoms with E-state index >= 15 is 0 Å². The summed E-state index contributed by atoms with van der Waals surface area (Å²) in [5.74, 6) is 0.336. The van der Waals surface area contributed by atoms with E-state index in [1.54, 1.807) is 12.1 Å². The molecule has 1 aliphatic rings. The Labute approximate surface area is 160 Å². The molecule has 27 heavy (non-hydrogen) atoms. The number of ether oxygens (including phenoxy) is 1. The number of benzene rings is 2. The van der Waals surface area contributed by atoms with E-state index in [9.17, 15) is 9.59 Å². The van der Waals surface area contributed by atoms with E-state index in [-0.39, 0.29) is 18.6 Å². The molecule has 3 atom stereocenters. The van der Waals surface area contributed by atoms with Crippen LogP contribution in [0.25, 0.3) is 11.1 Å². The van der Waals surface area contributed by atoms with Crippen LogP contribution in [0, 0.1) is 11.8 Å².